The van der Waals surface area contributed by atoms with Crippen LogP contribution in [0.15, 0.2) is 14.8 Å². The van der Waals surface area contributed by atoms with Crippen molar-refractivity contribution in [2.24, 2.45) is 0 Å². The average Bonchev–Trinajstić information content (AvgIpc) is 3.26. The Hall–Kier alpha value is -1.78. The lowest BCUT2D eigenvalue weighted by Gasteiger charge is -2.30. The van der Waals surface area contributed by atoms with Crippen molar-refractivity contribution >= 4 is 27.3 Å². The second-order valence-electron chi connectivity index (χ2n) is 6.64. The van der Waals surface area contributed by atoms with Gasteiger partial charge in [-0.15, -0.1) is 11.3 Å². The van der Waals surface area contributed by atoms with Crippen LogP contribution in [0, 0.1) is 13.8 Å². The molecule has 1 N–H and O–H groups in total. The number of piperidine rings is 1. The van der Waals surface area contributed by atoms with Gasteiger partial charge in [0.05, 0.1) is 17.2 Å². The van der Waals surface area contributed by atoms with Crippen molar-refractivity contribution in [1.82, 2.24) is 19.8 Å². The minimum atomic E-state index is -3.59. The molecular formula is C17H24N4O4S2. The van der Waals surface area contributed by atoms with E-state index in [1.54, 1.807) is 25.2 Å². The van der Waals surface area contributed by atoms with Crippen LogP contribution < -0.4 is 5.32 Å². The smallest absolute Gasteiger partial charge is 0.248 e. The van der Waals surface area contributed by atoms with E-state index in [2.05, 4.69) is 15.5 Å². The first kappa shape index (κ1) is 20.0. The van der Waals surface area contributed by atoms with E-state index < -0.39 is 10.0 Å². The lowest BCUT2D eigenvalue weighted by Crippen LogP contribution is -2.38. The Morgan fingerprint density at radius 3 is 2.67 bits per heavy atom. The number of sulfonamides is 1. The second kappa shape index (κ2) is 8.07. The van der Waals surface area contributed by atoms with Crippen molar-refractivity contribution in [3.8, 4) is 0 Å². The first-order chi connectivity index (χ1) is 12.8. The Kier molecular flexibility index (Phi) is 5.97. The Labute approximate surface area is 163 Å². The lowest BCUT2D eigenvalue weighted by atomic mass is 9.99. The van der Waals surface area contributed by atoms with Gasteiger partial charge in [-0.25, -0.2) is 13.4 Å². The lowest BCUT2D eigenvalue weighted by molar-refractivity contribution is -0.120. The second-order valence-corrected chi connectivity index (χ2v) is 9.40. The van der Waals surface area contributed by atoms with Crippen molar-refractivity contribution in [3.63, 3.8) is 0 Å². The fourth-order valence-electron chi connectivity index (χ4n) is 3.22. The summed E-state index contributed by atoms with van der Waals surface area (Å²) in [5, 5.41) is 9.54. The van der Waals surface area contributed by atoms with Crippen molar-refractivity contribution in [1.29, 1.82) is 0 Å². The van der Waals surface area contributed by atoms with Gasteiger partial charge in [-0.3, -0.25) is 4.79 Å². The first-order valence-corrected chi connectivity index (χ1v) is 11.3. The molecule has 3 rings (SSSR count). The molecule has 0 aliphatic carbocycles. The van der Waals surface area contributed by atoms with Crippen LogP contribution in [0.25, 0.3) is 0 Å². The Morgan fingerprint density at radius 2 is 2.07 bits per heavy atom. The summed E-state index contributed by atoms with van der Waals surface area (Å²) in [7, 11) is -3.59. The minimum absolute atomic E-state index is 0.00221. The van der Waals surface area contributed by atoms with Crippen LogP contribution >= 0.6 is 11.3 Å². The molecule has 1 fully saturated rings. The number of aromatic nitrogens is 2. The summed E-state index contributed by atoms with van der Waals surface area (Å²) in [6.07, 6.45) is 1.89. The average molecular weight is 413 g/mol. The normalized spacial score (nSPS) is 16.6. The van der Waals surface area contributed by atoms with E-state index in [-0.39, 0.29) is 16.7 Å². The third-order valence-corrected chi connectivity index (χ3v) is 7.93. The Balaban J connectivity index is 1.62. The van der Waals surface area contributed by atoms with E-state index in [0.717, 1.165) is 23.5 Å². The maximum atomic E-state index is 12.9. The molecule has 0 atom stereocenters. The molecule has 3 heterocycles. The molecule has 1 saturated heterocycles. The highest BCUT2D eigenvalue weighted by Crippen LogP contribution is 2.33. The quantitative estimate of drug-likeness (QED) is 0.781. The topological polar surface area (TPSA) is 105 Å². The largest absolute Gasteiger partial charge is 0.360 e. The third kappa shape index (κ3) is 4.22. The van der Waals surface area contributed by atoms with E-state index in [0.29, 0.717) is 37.5 Å². The fourth-order valence-corrected chi connectivity index (χ4v) is 5.97. The fraction of sp³-hybridized carbons (Fsp3) is 0.588. The van der Waals surface area contributed by atoms with Gasteiger partial charge in [-0.1, -0.05) is 12.1 Å². The van der Waals surface area contributed by atoms with Gasteiger partial charge in [0, 0.05) is 30.8 Å². The molecule has 0 spiro atoms. The van der Waals surface area contributed by atoms with Crippen LogP contribution in [-0.4, -0.2) is 41.9 Å². The Morgan fingerprint density at radius 1 is 1.37 bits per heavy atom. The number of amides is 1. The maximum Gasteiger partial charge on any atom is 0.248 e. The van der Waals surface area contributed by atoms with Crippen molar-refractivity contribution in [3.05, 3.63) is 27.5 Å². The molecule has 0 saturated carbocycles. The predicted octanol–water partition coefficient (Wildman–Crippen LogP) is 2.34. The predicted molar refractivity (Wildman–Crippen MR) is 101 cm³/mol. The minimum Gasteiger partial charge on any atom is -0.360 e. The van der Waals surface area contributed by atoms with E-state index >= 15 is 0 Å². The number of hydrogen-bond donors (Lipinski definition) is 1. The zero-order chi connectivity index (χ0) is 19.6. The van der Waals surface area contributed by atoms with Gasteiger partial charge in [-0.05, 0) is 26.7 Å². The molecule has 0 radical (unpaired) electrons. The van der Waals surface area contributed by atoms with Crippen LogP contribution in [0.2, 0.25) is 0 Å². The van der Waals surface area contributed by atoms with Gasteiger partial charge in [0.25, 0.3) is 0 Å². The highest BCUT2D eigenvalue weighted by atomic mass is 32.2. The molecule has 10 heteroatoms. The van der Waals surface area contributed by atoms with Gasteiger partial charge in [-0.2, -0.15) is 4.31 Å². The zero-order valence-electron chi connectivity index (χ0n) is 15.7. The van der Waals surface area contributed by atoms with Gasteiger partial charge >= 0.3 is 0 Å². The Bertz CT molecular complexity index is 892. The van der Waals surface area contributed by atoms with Crippen molar-refractivity contribution < 1.29 is 17.7 Å². The van der Waals surface area contributed by atoms with E-state index in [1.807, 2.05) is 12.3 Å². The molecule has 1 aliphatic rings. The number of nitrogens with zero attached hydrogens (tertiary/aromatic N) is 3. The maximum absolute atomic E-state index is 12.9. The van der Waals surface area contributed by atoms with Crippen LogP contribution in [0.3, 0.4) is 0 Å². The van der Waals surface area contributed by atoms with E-state index in [1.165, 1.54) is 4.31 Å². The molecule has 2 aromatic rings. The number of rotatable bonds is 6. The van der Waals surface area contributed by atoms with Crippen LogP contribution in [0.1, 0.15) is 54.3 Å². The van der Waals surface area contributed by atoms with Crippen molar-refractivity contribution in [2.45, 2.75) is 57.4 Å². The molecule has 2 aromatic heterocycles. The summed E-state index contributed by atoms with van der Waals surface area (Å²) in [4.78, 5) is 16.2. The third-order valence-electron chi connectivity index (χ3n) is 4.73. The highest BCUT2D eigenvalue weighted by Gasteiger charge is 2.34. The summed E-state index contributed by atoms with van der Waals surface area (Å²) in [6.45, 7) is 6.39. The van der Waals surface area contributed by atoms with Gasteiger partial charge in [0.15, 0.2) is 5.76 Å². The highest BCUT2D eigenvalue weighted by molar-refractivity contribution is 7.89. The number of aryl methyl sites for hydroxylation is 2. The molecule has 1 amide bonds. The van der Waals surface area contributed by atoms with E-state index in [9.17, 15) is 13.2 Å². The molecule has 0 aromatic carbocycles. The van der Waals surface area contributed by atoms with Gasteiger partial charge < -0.3 is 9.84 Å². The summed E-state index contributed by atoms with van der Waals surface area (Å²) < 4.78 is 32.3. The SMILES string of the molecule is CCC(=O)NCc1csc(C2CCN(S(=O)(=O)c3c(C)noc3C)CC2)n1. The summed E-state index contributed by atoms with van der Waals surface area (Å²) >= 11 is 1.57. The summed E-state index contributed by atoms with van der Waals surface area (Å²) in [5.74, 6) is 0.567. The molecule has 0 unspecified atom stereocenters. The molecule has 27 heavy (non-hydrogen) atoms. The molecule has 1 aliphatic heterocycles. The summed E-state index contributed by atoms with van der Waals surface area (Å²) in [6, 6.07) is 0. The van der Waals surface area contributed by atoms with E-state index in [4.69, 9.17) is 4.52 Å². The summed E-state index contributed by atoms with van der Waals surface area (Å²) in [5.41, 5.74) is 1.25. The van der Waals surface area contributed by atoms with Crippen LogP contribution in [-0.2, 0) is 21.4 Å². The number of hydrogen-bond acceptors (Lipinski definition) is 7. The molecule has 148 valence electrons. The monoisotopic (exact) mass is 412 g/mol. The van der Waals surface area contributed by atoms with Gasteiger partial charge in [0.2, 0.25) is 15.9 Å². The van der Waals surface area contributed by atoms with Gasteiger partial charge in [0.1, 0.15) is 10.6 Å². The number of carbonyl (C=O) groups excluding carboxylic acids is 1. The number of thiazole rings is 1. The number of nitrogens with one attached hydrogen (secondary N) is 1. The zero-order valence-corrected chi connectivity index (χ0v) is 17.3. The first-order valence-electron chi connectivity index (χ1n) is 8.97. The van der Waals surface area contributed by atoms with Crippen LogP contribution in [0.5, 0.6) is 0 Å². The van der Waals surface area contributed by atoms with Crippen LogP contribution in [0.4, 0.5) is 0 Å². The molecule has 8 nitrogen and oxygen atoms in total. The standard InChI is InChI=1S/C17H24N4O4S2/c1-4-15(22)18-9-14-10-26-17(19-14)13-5-7-21(8-6-13)27(23,24)16-11(2)20-25-12(16)3/h10,13H,4-9H2,1-3H3,(H,18,22). The van der Waals surface area contributed by atoms with Crippen molar-refractivity contribution in [2.75, 3.05) is 13.1 Å². The molecular weight excluding hydrogens is 388 g/mol. The number of carbonyl (C=O) groups is 1. The molecule has 0 bridgehead atoms.